The van der Waals surface area contributed by atoms with Crippen molar-refractivity contribution in [3.8, 4) is 0 Å². The molecule has 0 aliphatic carbocycles. The van der Waals surface area contributed by atoms with E-state index in [2.05, 4.69) is 4.99 Å². The minimum absolute atomic E-state index is 0.145. The van der Waals surface area contributed by atoms with Gasteiger partial charge in [0.25, 0.3) is 0 Å². The van der Waals surface area contributed by atoms with Crippen molar-refractivity contribution in [3.05, 3.63) is 29.6 Å². The summed E-state index contributed by atoms with van der Waals surface area (Å²) in [4.78, 5) is 26.0. The van der Waals surface area contributed by atoms with Gasteiger partial charge in [0, 0.05) is 17.8 Å². The molecule has 1 aromatic carbocycles. The van der Waals surface area contributed by atoms with Crippen molar-refractivity contribution in [1.29, 1.82) is 0 Å². The summed E-state index contributed by atoms with van der Waals surface area (Å²) >= 11 is 0. The third-order valence-electron chi connectivity index (χ3n) is 2.14. The second kappa shape index (κ2) is 3.27. The zero-order chi connectivity index (χ0) is 11.0. The Morgan fingerprint density at radius 2 is 2.20 bits per heavy atom. The van der Waals surface area contributed by atoms with Gasteiger partial charge in [0.15, 0.2) is 11.7 Å². The molecule has 0 spiro atoms. The summed E-state index contributed by atoms with van der Waals surface area (Å²) in [7, 11) is 0. The first-order chi connectivity index (χ1) is 7.09. The quantitative estimate of drug-likeness (QED) is 0.708. The number of aliphatic carboxylic acids is 1. The molecule has 5 heteroatoms. The Morgan fingerprint density at radius 1 is 1.47 bits per heavy atom. The molecule has 0 radical (unpaired) electrons. The molecule has 1 aliphatic heterocycles. The Balaban J connectivity index is 2.51. The summed E-state index contributed by atoms with van der Waals surface area (Å²) in [5.74, 6) is -3.58. The number of carboxylic acids is 1. The Bertz CT molecular complexity index is 482. The van der Waals surface area contributed by atoms with Crippen molar-refractivity contribution >= 4 is 23.7 Å². The van der Waals surface area contributed by atoms with Gasteiger partial charge in [-0.25, -0.2) is 4.39 Å². The topological polar surface area (TPSA) is 66.7 Å². The number of rotatable bonds is 1. The number of hydrogen-bond donors (Lipinski definition) is 1. The van der Waals surface area contributed by atoms with Crippen LogP contribution in [0.15, 0.2) is 23.2 Å². The molecule has 1 atom stereocenters. The van der Waals surface area contributed by atoms with E-state index >= 15 is 0 Å². The summed E-state index contributed by atoms with van der Waals surface area (Å²) in [5, 5.41) is 8.70. The van der Waals surface area contributed by atoms with Crippen LogP contribution >= 0.6 is 0 Å². The lowest BCUT2D eigenvalue weighted by Crippen LogP contribution is -2.27. The van der Waals surface area contributed by atoms with Crippen LogP contribution in [-0.4, -0.2) is 23.1 Å². The Morgan fingerprint density at radius 3 is 2.87 bits per heavy atom. The summed E-state index contributed by atoms with van der Waals surface area (Å²) in [5.41, 5.74) is 0.323. The fourth-order valence-electron chi connectivity index (χ4n) is 1.39. The summed E-state index contributed by atoms with van der Waals surface area (Å²) in [6.07, 6.45) is 1.02. The fourth-order valence-corrected chi connectivity index (χ4v) is 1.39. The zero-order valence-electron chi connectivity index (χ0n) is 7.48. The zero-order valence-corrected chi connectivity index (χ0v) is 7.48. The molecule has 1 N–H and O–H groups in total. The lowest BCUT2D eigenvalue weighted by atomic mass is 9.95. The maximum Gasteiger partial charge on any atom is 0.319 e. The van der Waals surface area contributed by atoms with Gasteiger partial charge in [-0.1, -0.05) is 0 Å². The molecule has 0 aromatic heterocycles. The van der Waals surface area contributed by atoms with Crippen LogP contribution in [0.3, 0.4) is 0 Å². The number of carbonyl (C=O) groups excluding carboxylic acids is 1. The number of Topliss-reactive ketones (excluding diaryl/α,β-unsaturated/α-hetero) is 1. The van der Waals surface area contributed by atoms with Gasteiger partial charge in [0.2, 0.25) is 0 Å². The van der Waals surface area contributed by atoms with Crippen LogP contribution in [0.4, 0.5) is 10.1 Å². The van der Waals surface area contributed by atoms with Crippen LogP contribution < -0.4 is 0 Å². The molecule has 4 nitrogen and oxygen atoms in total. The second-order valence-corrected chi connectivity index (χ2v) is 3.12. The molecule has 0 saturated heterocycles. The molecule has 0 amide bonds. The lowest BCUT2D eigenvalue weighted by molar-refractivity contribution is -0.137. The van der Waals surface area contributed by atoms with Gasteiger partial charge < -0.3 is 5.11 Å². The third-order valence-corrected chi connectivity index (χ3v) is 2.14. The predicted molar refractivity (Wildman–Crippen MR) is 50.0 cm³/mol. The van der Waals surface area contributed by atoms with Gasteiger partial charge >= 0.3 is 5.97 Å². The van der Waals surface area contributed by atoms with Gasteiger partial charge in [0.1, 0.15) is 5.82 Å². The highest BCUT2D eigenvalue weighted by molar-refractivity contribution is 6.21. The number of halogens is 1. The van der Waals surface area contributed by atoms with E-state index in [1.807, 2.05) is 0 Å². The maximum absolute atomic E-state index is 12.8. The molecule has 2 rings (SSSR count). The molecule has 0 bridgehead atoms. The molecule has 1 heterocycles. The Hall–Kier alpha value is -2.04. The van der Waals surface area contributed by atoms with E-state index in [1.54, 1.807) is 0 Å². The molecule has 0 saturated carbocycles. The average Bonchev–Trinajstić information content (AvgIpc) is 2.17. The highest BCUT2D eigenvalue weighted by Crippen LogP contribution is 2.26. The SMILES string of the molecule is O=C(O)C1C=Nc2cc(F)ccc2C1=O. The largest absolute Gasteiger partial charge is 0.480 e. The number of fused-ring (bicyclic) bond motifs is 1. The number of nitrogens with zero attached hydrogens (tertiary/aromatic N) is 1. The van der Waals surface area contributed by atoms with Gasteiger partial charge in [-0.15, -0.1) is 0 Å². The van der Waals surface area contributed by atoms with Crippen molar-refractivity contribution in [2.75, 3.05) is 0 Å². The van der Waals surface area contributed by atoms with Crippen LogP contribution in [0.2, 0.25) is 0 Å². The second-order valence-electron chi connectivity index (χ2n) is 3.12. The highest BCUT2D eigenvalue weighted by atomic mass is 19.1. The Kier molecular flexibility index (Phi) is 2.07. The maximum atomic E-state index is 12.8. The molecule has 1 aromatic rings. The molecule has 1 aliphatic rings. The normalized spacial score (nSPS) is 18.7. The number of benzene rings is 1. The van der Waals surface area contributed by atoms with Crippen molar-refractivity contribution in [3.63, 3.8) is 0 Å². The smallest absolute Gasteiger partial charge is 0.319 e. The van der Waals surface area contributed by atoms with Crippen LogP contribution in [0.5, 0.6) is 0 Å². The van der Waals surface area contributed by atoms with Crippen molar-refractivity contribution in [2.24, 2.45) is 10.9 Å². The van der Waals surface area contributed by atoms with Gasteiger partial charge in [-0.3, -0.25) is 14.6 Å². The molecular weight excluding hydrogens is 201 g/mol. The first-order valence-electron chi connectivity index (χ1n) is 4.20. The highest BCUT2D eigenvalue weighted by Gasteiger charge is 2.30. The standard InChI is InChI=1S/C10H6FNO3/c11-5-1-2-6-8(3-5)12-4-7(9(6)13)10(14)15/h1-4,7H,(H,14,15). The average molecular weight is 207 g/mol. The first-order valence-corrected chi connectivity index (χ1v) is 4.20. The summed E-state index contributed by atoms with van der Waals surface area (Å²) in [6.45, 7) is 0. The molecule has 0 fully saturated rings. The van der Waals surface area contributed by atoms with E-state index in [9.17, 15) is 14.0 Å². The number of hydrogen-bond acceptors (Lipinski definition) is 3. The van der Waals surface area contributed by atoms with Crippen LogP contribution in [0.25, 0.3) is 0 Å². The number of aliphatic imine (C=N–C) groups is 1. The van der Waals surface area contributed by atoms with Crippen molar-refractivity contribution < 1.29 is 19.1 Å². The van der Waals surface area contributed by atoms with E-state index in [0.717, 1.165) is 18.3 Å². The van der Waals surface area contributed by atoms with Crippen molar-refractivity contribution in [1.82, 2.24) is 0 Å². The van der Waals surface area contributed by atoms with Crippen LogP contribution in [-0.2, 0) is 4.79 Å². The summed E-state index contributed by atoms with van der Waals surface area (Å²) < 4.78 is 12.8. The van der Waals surface area contributed by atoms with Crippen molar-refractivity contribution in [2.45, 2.75) is 0 Å². The third kappa shape index (κ3) is 1.52. The van der Waals surface area contributed by atoms with Gasteiger partial charge in [-0.05, 0) is 12.1 Å². The predicted octanol–water partition coefficient (Wildman–Crippen LogP) is 1.43. The molecule has 1 unspecified atom stereocenters. The lowest BCUT2D eigenvalue weighted by Gasteiger charge is -2.13. The first kappa shape index (κ1) is 9.51. The summed E-state index contributed by atoms with van der Waals surface area (Å²) in [6, 6.07) is 3.46. The van der Waals surface area contributed by atoms with E-state index in [-0.39, 0.29) is 11.3 Å². The fraction of sp³-hybridized carbons (Fsp3) is 0.100. The van der Waals surface area contributed by atoms with Crippen LogP contribution in [0.1, 0.15) is 10.4 Å². The van der Waals surface area contributed by atoms with Gasteiger partial charge in [-0.2, -0.15) is 0 Å². The number of carboxylic acid groups (broad SMARTS) is 1. The van der Waals surface area contributed by atoms with Gasteiger partial charge in [0.05, 0.1) is 5.69 Å². The molecule has 15 heavy (non-hydrogen) atoms. The van der Waals surface area contributed by atoms with E-state index < -0.39 is 23.5 Å². The van der Waals surface area contributed by atoms with E-state index in [0.29, 0.717) is 0 Å². The minimum Gasteiger partial charge on any atom is -0.480 e. The minimum atomic E-state index is -1.26. The monoisotopic (exact) mass is 207 g/mol. The molecular formula is C10H6FNO3. The molecule has 76 valence electrons. The van der Waals surface area contributed by atoms with Crippen LogP contribution in [0, 0.1) is 11.7 Å². The van der Waals surface area contributed by atoms with E-state index in [4.69, 9.17) is 5.11 Å². The number of ketones is 1. The number of carbonyl (C=O) groups is 2. The van der Waals surface area contributed by atoms with E-state index in [1.165, 1.54) is 6.07 Å². The Labute approximate surface area is 84.1 Å².